The summed E-state index contributed by atoms with van der Waals surface area (Å²) in [7, 11) is 0. The van der Waals surface area contributed by atoms with E-state index < -0.39 is 0 Å². The number of nitrogens with two attached hydrogens (primary N) is 1. The maximum atomic E-state index is 12.0. The van der Waals surface area contributed by atoms with Gasteiger partial charge in [0.05, 0.1) is 5.69 Å². The molecular weight excluding hydrogens is 232 g/mol. The van der Waals surface area contributed by atoms with Gasteiger partial charge in [-0.2, -0.15) is 0 Å². The van der Waals surface area contributed by atoms with Crippen LogP contribution in [0, 0.1) is 11.8 Å². The third kappa shape index (κ3) is 2.82. The highest BCUT2D eigenvalue weighted by molar-refractivity contribution is 7.80. The molecule has 1 aliphatic rings. The molecule has 3 nitrogen and oxygen atoms in total. The topological polar surface area (TPSA) is 55.1 Å². The van der Waals surface area contributed by atoms with Crippen LogP contribution < -0.4 is 11.1 Å². The Morgan fingerprint density at radius 1 is 1.47 bits per heavy atom. The lowest BCUT2D eigenvalue weighted by Gasteiger charge is -2.13. The first-order valence-electron chi connectivity index (χ1n) is 5.79. The van der Waals surface area contributed by atoms with Crippen LogP contribution in [0.3, 0.4) is 0 Å². The molecule has 2 rings (SSSR count). The Balaban J connectivity index is 2.12. The molecule has 1 unspecified atom stereocenters. The Kier molecular flexibility index (Phi) is 3.43. The third-order valence-electron chi connectivity index (χ3n) is 3.19. The summed E-state index contributed by atoms with van der Waals surface area (Å²) in [5.74, 6) is 0.664. The molecule has 0 spiro atoms. The van der Waals surface area contributed by atoms with Crippen molar-refractivity contribution >= 4 is 28.8 Å². The molecule has 0 saturated heterocycles. The largest absolute Gasteiger partial charge is 0.389 e. The van der Waals surface area contributed by atoms with Crippen LogP contribution in [0.2, 0.25) is 0 Å². The number of amides is 1. The summed E-state index contributed by atoms with van der Waals surface area (Å²) >= 11 is 4.96. The first-order valence-corrected chi connectivity index (χ1v) is 6.20. The molecule has 1 amide bonds. The molecule has 1 aromatic rings. The number of hydrogen-bond acceptors (Lipinski definition) is 2. The molecular formula is C13H16N2OS. The lowest BCUT2D eigenvalue weighted by Crippen LogP contribution is -2.23. The standard InChI is InChI=1S/C13H16N2OS/c1-8(9-6-7-9)13(16)15-11-5-3-2-4-10(11)12(14)17/h2-5,8-9H,6-7H2,1H3,(H2,14,17)(H,15,16). The maximum absolute atomic E-state index is 12.0. The summed E-state index contributed by atoms with van der Waals surface area (Å²) in [5.41, 5.74) is 7.05. The lowest BCUT2D eigenvalue weighted by atomic mass is 10.1. The van der Waals surface area contributed by atoms with Crippen LogP contribution in [0.25, 0.3) is 0 Å². The third-order valence-corrected chi connectivity index (χ3v) is 3.41. The molecule has 1 atom stereocenters. The van der Waals surface area contributed by atoms with Crippen LogP contribution in [0.5, 0.6) is 0 Å². The minimum Gasteiger partial charge on any atom is -0.389 e. The van der Waals surface area contributed by atoms with Gasteiger partial charge in [0.1, 0.15) is 4.99 Å². The van der Waals surface area contributed by atoms with Crippen molar-refractivity contribution in [1.29, 1.82) is 0 Å². The van der Waals surface area contributed by atoms with Crippen LogP contribution in [-0.2, 0) is 4.79 Å². The van der Waals surface area contributed by atoms with E-state index in [0.717, 1.165) is 18.4 Å². The fraction of sp³-hybridized carbons (Fsp3) is 0.385. The second-order valence-electron chi connectivity index (χ2n) is 4.53. The molecule has 0 aliphatic heterocycles. The van der Waals surface area contributed by atoms with E-state index in [4.69, 9.17) is 18.0 Å². The van der Waals surface area contributed by atoms with E-state index in [-0.39, 0.29) is 11.8 Å². The number of para-hydroxylation sites is 1. The summed E-state index contributed by atoms with van der Waals surface area (Å²) in [6.45, 7) is 1.97. The highest BCUT2D eigenvalue weighted by atomic mass is 32.1. The fourth-order valence-electron chi connectivity index (χ4n) is 1.86. The van der Waals surface area contributed by atoms with E-state index in [0.29, 0.717) is 16.6 Å². The molecule has 0 bridgehead atoms. The zero-order valence-corrected chi connectivity index (χ0v) is 10.6. The van der Waals surface area contributed by atoms with E-state index in [1.54, 1.807) is 0 Å². The van der Waals surface area contributed by atoms with Crippen LogP contribution in [0.4, 0.5) is 5.69 Å². The molecule has 1 aromatic carbocycles. The smallest absolute Gasteiger partial charge is 0.227 e. The Morgan fingerprint density at radius 3 is 2.71 bits per heavy atom. The highest BCUT2D eigenvalue weighted by Gasteiger charge is 2.32. The van der Waals surface area contributed by atoms with Crippen molar-refractivity contribution in [2.75, 3.05) is 5.32 Å². The number of benzene rings is 1. The number of anilines is 1. The fourth-order valence-corrected chi connectivity index (χ4v) is 2.04. The lowest BCUT2D eigenvalue weighted by molar-refractivity contribution is -0.119. The predicted molar refractivity (Wildman–Crippen MR) is 72.8 cm³/mol. The Bertz CT molecular complexity index is 454. The summed E-state index contributed by atoms with van der Waals surface area (Å²) in [6.07, 6.45) is 2.32. The van der Waals surface area contributed by atoms with Crippen molar-refractivity contribution < 1.29 is 4.79 Å². The number of nitrogens with one attached hydrogen (secondary N) is 1. The Hall–Kier alpha value is -1.42. The summed E-state index contributed by atoms with van der Waals surface area (Å²) in [5, 5.41) is 2.91. The van der Waals surface area contributed by atoms with Crippen LogP contribution in [0.15, 0.2) is 24.3 Å². The van der Waals surface area contributed by atoms with Gasteiger partial charge in [0.2, 0.25) is 5.91 Å². The zero-order chi connectivity index (χ0) is 12.4. The first kappa shape index (κ1) is 12.0. The van der Waals surface area contributed by atoms with Crippen molar-refractivity contribution in [3.63, 3.8) is 0 Å². The van der Waals surface area contributed by atoms with Gasteiger partial charge in [-0.1, -0.05) is 31.3 Å². The number of hydrogen-bond donors (Lipinski definition) is 2. The van der Waals surface area contributed by atoms with Crippen molar-refractivity contribution in [1.82, 2.24) is 0 Å². The van der Waals surface area contributed by atoms with Gasteiger partial charge in [-0.05, 0) is 30.9 Å². The van der Waals surface area contributed by atoms with Gasteiger partial charge in [-0.15, -0.1) is 0 Å². The van der Waals surface area contributed by atoms with Gasteiger partial charge < -0.3 is 11.1 Å². The second kappa shape index (κ2) is 4.84. The minimum atomic E-state index is 0.0520. The maximum Gasteiger partial charge on any atom is 0.227 e. The predicted octanol–water partition coefficient (Wildman–Crippen LogP) is 2.31. The van der Waals surface area contributed by atoms with E-state index in [2.05, 4.69) is 5.32 Å². The van der Waals surface area contributed by atoms with Gasteiger partial charge in [-0.25, -0.2) is 0 Å². The Labute approximate surface area is 106 Å². The first-order chi connectivity index (χ1) is 8.09. The van der Waals surface area contributed by atoms with E-state index in [9.17, 15) is 4.79 Å². The molecule has 1 aliphatic carbocycles. The van der Waals surface area contributed by atoms with Crippen molar-refractivity contribution in [3.05, 3.63) is 29.8 Å². The molecule has 3 N–H and O–H groups in total. The summed E-state index contributed by atoms with van der Waals surface area (Å²) in [4.78, 5) is 12.3. The second-order valence-corrected chi connectivity index (χ2v) is 4.97. The van der Waals surface area contributed by atoms with Gasteiger partial charge in [0, 0.05) is 11.5 Å². The number of rotatable bonds is 4. The minimum absolute atomic E-state index is 0.0520. The normalized spacial score (nSPS) is 16.3. The quantitative estimate of drug-likeness (QED) is 0.804. The molecule has 1 saturated carbocycles. The van der Waals surface area contributed by atoms with Crippen molar-refractivity contribution in [3.8, 4) is 0 Å². The Morgan fingerprint density at radius 2 is 2.12 bits per heavy atom. The van der Waals surface area contributed by atoms with Crippen molar-refractivity contribution in [2.45, 2.75) is 19.8 Å². The average molecular weight is 248 g/mol. The van der Waals surface area contributed by atoms with Crippen LogP contribution in [-0.4, -0.2) is 10.9 Å². The van der Waals surface area contributed by atoms with E-state index in [1.807, 2.05) is 31.2 Å². The van der Waals surface area contributed by atoms with Gasteiger partial charge >= 0.3 is 0 Å². The molecule has 0 heterocycles. The molecule has 0 radical (unpaired) electrons. The van der Waals surface area contributed by atoms with Gasteiger partial charge in [-0.3, -0.25) is 4.79 Å². The molecule has 0 aromatic heterocycles. The molecule has 17 heavy (non-hydrogen) atoms. The van der Waals surface area contributed by atoms with E-state index in [1.165, 1.54) is 0 Å². The molecule has 4 heteroatoms. The summed E-state index contributed by atoms with van der Waals surface area (Å²) < 4.78 is 0. The van der Waals surface area contributed by atoms with Gasteiger partial charge in [0.15, 0.2) is 0 Å². The van der Waals surface area contributed by atoms with E-state index >= 15 is 0 Å². The average Bonchev–Trinajstić information content (AvgIpc) is 3.12. The molecule has 1 fully saturated rings. The van der Waals surface area contributed by atoms with Crippen LogP contribution >= 0.6 is 12.2 Å². The number of carbonyl (C=O) groups excluding carboxylic acids is 1. The SMILES string of the molecule is CC(C(=O)Nc1ccccc1C(N)=S)C1CC1. The monoisotopic (exact) mass is 248 g/mol. The number of thiocarbonyl (C=S) groups is 1. The van der Waals surface area contributed by atoms with Gasteiger partial charge in [0.25, 0.3) is 0 Å². The van der Waals surface area contributed by atoms with Crippen molar-refractivity contribution in [2.24, 2.45) is 17.6 Å². The zero-order valence-electron chi connectivity index (χ0n) is 9.77. The summed E-state index contributed by atoms with van der Waals surface area (Å²) in [6, 6.07) is 7.36. The molecule has 90 valence electrons. The number of carbonyl (C=O) groups is 1. The van der Waals surface area contributed by atoms with Crippen LogP contribution in [0.1, 0.15) is 25.3 Å². The highest BCUT2D eigenvalue weighted by Crippen LogP contribution is 2.37.